The Morgan fingerprint density at radius 1 is 1.22 bits per heavy atom. The van der Waals surface area contributed by atoms with Gasteiger partial charge in [-0.2, -0.15) is 0 Å². The molecule has 1 unspecified atom stereocenters. The molecule has 1 heterocycles. The van der Waals surface area contributed by atoms with Crippen LogP contribution >= 0.6 is 27.5 Å². The Balaban J connectivity index is 2.25. The van der Waals surface area contributed by atoms with Crippen LogP contribution in [-0.4, -0.2) is 4.98 Å². The molecule has 0 N–H and O–H groups in total. The van der Waals surface area contributed by atoms with E-state index in [-0.39, 0.29) is 4.83 Å². The maximum Gasteiger partial charge on any atom is 0.0453 e. The largest absolute Gasteiger partial charge is 0.261 e. The molecule has 1 atom stereocenters. The number of nitrogens with zero attached hydrogens (tertiary/aromatic N) is 1. The van der Waals surface area contributed by atoms with Crippen molar-refractivity contribution in [1.29, 1.82) is 0 Å². The molecule has 3 heteroatoms. The molecule has 18 heavy (non-hydrogen) atoms. The molecule has 0 saturated heterocycles. The molecule has 2 aromatic rings. The SMILES string of the molecule is Cc1ccc(Cl)cc1C(Br)Cc1ncccc1C. The lowest BCUT2D eigenvalue weighted by atomic mass is 10.0. The van der Waals surface area contributed by atoms with Gasteiger partial charge in [0, 0.05) is 28.2 Å². The summed E-state index contributed by atoms with van der Waals surface area (Å²) < 4.78 is 0. The number of aryl methyl sites for hydroxylation is 2. The average molecular weight is 325 g/mol. The van der Waals surface area contributed by atoms with Crippen molar-refractivity contribution in [3.63, 3.8) is 0 Å². The van der Waals surface area contributed by atoms with Crippen LogP contribution in [0.25, 0.3) is 0 Å². The Morgan fingerprint density at radius 3 is 2.72 bits per heavy atom. The third kappa shape index (κ3) is 3.12. The summed E-state index contributed by atoms with van der Waals surface area (Å²) in [4.78, 5) is 4.67. The minimum Gasteiger partial charge on any atom is -0.261 e. The van der Waals surface area contributed by atoms with Gasteiger partial charge in [0.15, 0.2) is 0 Å². The van der Waals surface area contributed by atoms with E-state index in [9.17, 15) is 0 Å². The van der Waals surface area contributed by atoms with Crippen molar-refractivity contribution in [2.24, 2.45) is 0 Å². The lowest BCUT2D eigenvalue weighted by molar-refractivity contribution is 0.885. The minimum atomic E-state index is 0.241. The van der Waals surface area contributed by atoms with Crippen LogP contribution in [0.2, 0.25) is 5.02 Å². The van der Waals surface area contributed by atoms with Crippen LogP contribution in [0, 0.1) is 13.8 Å². The molecule has 2 rings (SSSR count). The fraction of sp³-hybridized carbons (Fsp3) is 0.267. The Labute approximate surface area is 121 Å². The summed E-state index contributed by atoms with van der Waals surface area (Å²) in [6.07, 6.45) is 2.71. The van der Waals surface area contributed by atoms with E-state index < -0.39 is 0 Å². The highest BCUT2D eigenvalue weighted by Gasteiger charge is 2.13. The number of halogens is 2. The summed E-state index contributed by atoms with van der Waals surface area (Å²) in [6.45, 7) is 4.19. The normalized spacial score (nSPS) is 12.4. The number of aromatic nitrogens is 1. The number of rotatable bonds is 3. The van der Waals surface area contributed by atoms with Crippen molar-refractivity contribution >= 4 is 27.5 Å². The molecule has 0 saturated carbocycles. The molecule has 0 fully saturated rings. The van der Waals surface area contributed by atoms with Gasteiger partial charge in [0.1, 0.15) is 0 Å². The van der Waals surface area contributed by atoms with Crippen molar-refractivity contribution in [2.75, 3.05) is 0 Å². The van der Waals surface area contributed by atoms with Gasteiger partial charge in [0.2, 0.25) is 0 Å². The Morgan fingerprint density at radius 2 is 2.00 bits per heavy atom. The van der Waals surface area contributed by atoms with Crippen LogP contribution < -0.4 is 0 Å². The molecule has 0 aliphatic carbocycles. The third-order valence-electron chi connectivity index (χ3n) is 3.07. The predicted octanol–water partition coefficient (Wildman–Crippen LogP) is 5.03. The average Bonchev–Trinajstić information content (AvgIpc) is 2.35. The van der Waals surface area contributed by atoms with Gasteiger partial charge < -0.3 is 0 Å². The Hall–Kier alpha value is -0.860. The van der Waals surface area contributed by atoms with E-state index >= 15 is 0 Å². The van der Waals surface area contributed by atoms with E-state index in [0.717, 1.165) is 17.1 Å². The van der Waals surface area contributed by atoms with Gasteiger partial charge in [-0.3, -0.25) is 4.98 Å². The summed E-state index contributed by atoms with van der Waals surface area (Å²) in [5, 5.41) is 0.776. The number of benzene rings is 1. The van der Waals surface area contributed by atoms with Crippen molar-refractivity contribution in [1.82, 2.24) is 4.98 Å². The van der Waals surface area contributed by atoms with Crippen LogP contribution in [0.3, 0.4) is 0 Å². The molecule has 0 radical (unpaired) electrons. The van der Waals surface area contributed by atoms with Gasteiger partial charge in [0.25, 0.3) is 0 Å². The van der Waals surface area contributed by atoms with E-state index in [1.54, 1.807) is 0 Å². The summed E-state index contributed by atoms with van der Waals surface area (Å²) >= 11 is 9.80. The van der Waals surface area contributed by atoms with Gasteiger partial charge >= 0.3 is 0 Å². The number of pyridine rings is 1. The first kappa shape index (κ1) is 13.6. The second-order valence-corrected chi connectivity index (χ2v) is 5.98. The highest BCUT2D eigenvalue weighted by molar-refractivity contribution is 9.09. The first-order valence-electron chi connectivity index (χ1n) is 5.88. The maximum absolute atomic E-state index is 6.06. The van der Waals surface area contributed by atoms with E-state index in [0.29, 0.717) is 0 Å². The topological polar surface area (TPSA) is 12.9 Å². The zero-order valence-corrected chi connectivity index (χ0v) is 12.8. The van der Waals surface area contributed by atoms with Gasteiger partial charge in [-0.1, -0.05) is 39.7 Å². The smallest absolute Gasteiger partial charge is 0.0453 e. The fourth-order valence-corrected chi connectivity index (χ4v) is 2.94. The van der Waals surface area contributed by atoms with Gasteiger partial charge in [0.05, 0.1) is 0 Å². The molecule has 0 bridgehead atoms. The number of alkyl halides is 1. The zero-order valence-electron chi connectivity index (χ0n) is 10.5. The molecule has 94 valence electrons. The van der Waals surface area contributed by atoms with Crippen molar-refractivity contribution in [2.45, 2.75) is 25.1 Å². The summed E-state index contributed by atoms with van der Waals surface area (Å²) in [7, 11) is 0. The second kappa shape index (κ2) is 5.85. The molecule has 1 aromatic heterocycles. The molecule has 0 amide bonds. The number of hydrogen-bond donors (Lipinski definition) is 0. The van der Waals surface area contributed by atoms with Gasteiger partial charge in [-0.25, -0.2) is 0 Å². The maximum atomic E-state index is 6.06. The van der Waals surface area contributed by atoms with Crippen LogP contribution in [0.5, 0.6) is 0 Å². The van der Waals surface area contributed by atoms with E-state index in [2.05, 4.69) is 46.9 Å². The van der Waals surface area contributed by atoms with E-state index in [4.69, 9.17) is 11.6 Å². The van der Waals surface area contributed by atoms with Crippen molar-refractivity contribution in [3.05, 3.63) is 63.9 Å². The van der Waals surface area contributed by atoms with Crippen molar-refractivity contribution < 1.29 is 0 Å². The highest BCUT2D eigenvalue weighted by Crippen LogP contribution is 2.31. The Bertz CT molecular complexity index is 554. The lowest BCUT2D eigenvalue weighted by Crippen LogP contribution is -2.01. The molecular weight excluding hydrogens is 310 g/mol. The molecular formula is C15H15BrClN. The van der Waals surface area contributed by atoms with Gasteiger partial charge in [-0.15, -0.1) is 0 Å². The minimum absolute atomic E-state index is 0.241. The molecule has 1 nitrogen and oxygen atoms in total. The van der Waals surface area contributed by atoms with Crippen LogP contribution in [0.4, 0.5) is 0 Å². The summed E-state index contributed by atoms with van der Waals surface area (Å²) in [6, 6.07) is 10.1. The molecule has 0 spiro atoms. The molecule has 1 aromatic carbocycles. The second-order valence-electron chi connectivity index (χ2n) is 4.44. The zero-order chi connectivity index (χ0) is 13.1. The van der Waals surface area contributed by atoms with Crippen LogP contribution in [0.15, 0.2) is 36.5 Å². The first-order valence-corrected chi connectivity index (χ1v) is 7.18. The quantitative estimate of drug-likeness (QED) is 0.722. The monoisotopic (exact) mass is 323 g/mol. The summed E-state index contributed by atoms with van der Waals surface area (Å²) in [5.74, 6) is 0. The van der Waals surface area contributed by atoms with Crippen molar-refractivity contribution in [3.8, 4) is 0 Å². The standard InChI is InChI=1S/C15H15BrClN/c1-10-5-6-12(17)8-13(10)14(16)9-15-11(2)4-3-7-18-15/h3-8,14H,9H2,1-2H3. The Kier molecular flexibility index (Phi) is 4.41. The van der Waals surface area contributed by atoms with E-state index in [1.807, 2.05) is 24.4 Å². The van der Waals surface area contributed by atoms with Crippen LogP contribution in [0.1, 0.15) is 27.2 Å². The molecule has 0 aliphatic rings. The van der Waals surface area contributed by atoms with E-state index in [1.165, 1.54) is 16.7 Å². The summed E-state index contributed by atoms with van der Waals surface area (Å²) in [5.41, 5.74) is 4.82. The fourth-order valence-electron chi connectivity index (χ4n) is 1.96. The molecule has 0 aliphatic heterocycles. The van der Waals surface area contributed by atoms with Gasteiger partial charge in [-0.05, 0) is 48.7 Å². The first-order chi connectivity index (χ1) is 8.58. The predicted molar refractivity (Wildman–Crippen MR) is 80.5 cm³/mol. The third-order valence-corrected chi connectivity index (χ3v) is 4.12. The highest BCUT2D eigenvalue weighted by atomic mass is 79.9. The van der Waals surface area contributed by atoms with Crippen LogP contribution in [-0.2, 0) is 6.42 Å². The lowest BCUT2D eigenvalue weighted by Gasteiger charge is -2.14. The number of hydrogen-bond acceptors (Lipinski definition) is 1.